The van der Waals surface area contributed by atoms with Crippen molar-refractivity contribution < 1.29 is 0 Å². The first-order valence-electron chi connectivity index (χ1n) is 7.86. The Morgan fingerprint density at radius 2 is 1.83 bits per heavy atom. The second-order valence-electron chi connectivity index (χ2n) is 5.64. The molecule has 0 unspecified atom stereocenters. The van der Waals surface area contributed by atoms with Gasteiger partial charge in [-0.05, 0) is 24.6 Å². The number of aromatic amines is 1. The van der Waals surface area contributed by atoms with E-state index in [1.807, 2.05) is 59.2 Å². The van der Waals surface area contributed by atoms with Crippen molar-refractivity contribution >= 4 is 11.0 Å². The van der Waals surface area contributed by atoms with Crippen molar-refractivity contribution in [1.29, 1.82) is 0 Å². The number of hydrogen-bond donors (Lipinski definition) is 1. The maximum Gasteiger partial charge on any atom is 0.262 e. The van der Waals surface area contributed by atoms with E-state index in [-0.39, 0.29) is 5.56 Å². The minimum atomic E-state index is 0.0205. The first-order valence-corrected chi connectivity index (χ1v) is 7.86. The average Bonchev–Trinajstić information content (AvgIpc) is 2.98. The van der Waals surface area contributed by atoms with Crippen molar-refractivity contribution in [3.63, 3.8) is 0 Å². The topological polar surface area (TPSA) is 50.7 Å². The summed E-state index contributed by atoms with van der Waals surface area (Å²) in [5.74, 6) is 0.641. The van der Waals surface area contributed by atoms with E-state index in [2.05, 4.69) is 16.9 Å². The molecule has 2 heterocycles. The second kappa shape index (κ2) is 5.39. The molecule has 2 aliphatic rings. The molecule has 23 heavy (non-hydrogen) atoms. The molecule has 114 valence electrons. The monoisotopic (exact) mass is 303 g/mol. The van der Waals surface area contributed by atoms with Gasteiger partial charge in [-0.25, -0.2) is 4.98 Å². The molecule has 4 heteroatoms. The highest BCUT2D eigenvalue weighted by molar-refractivity contribution is 5.85. The molecule has 0 spiro atoms. The van der Waals surface area contributed by atoms with Crippen LogP contribution in [0.25, 0.3) is 33.7 Å². The van der Waals surface area contributed by atoms with E-state index >= 15 is 0 Å². The van der Waals surface area contributed by atoms with Crippen LogP contribution < -0.4 is 5.56 Å². The first-order chi connectivity index (χ1) is 11.3. The lowest BCUT2D eigenvalue weighted by Gasteiger charge is -2.02. The lowest BCUT2D eigenvalue weighted by Crippen LogP contribution is -2.16. The van der Waals surface area contributed by atoms with Crippen molar-refractivity contribution in [3.8, 4) is 22.6 Å². The molecule has 0 fully saturated rings. The molecule has 1 aliphatic heterocycles. The van der Waals surface area contributed by atoms with Crippen LogP contribution in [0.2, 0.25) is 0 Å². The predicted molar refractivity (Wildman–Crippen MR) is 92.7 cm³/mol. The zero-order valence-corrected chi connectivity index (χ0v) is 12.9. The minimum Gasteiger partial charge on any atom is -0.338 e. The van der Waals surface area contributed by atoms with Gasteiger partial charge in [-0.3, -0.25) is 4.79 Å². The molecule has 0 amide bonds. The third-order valence-electron chi connectivity index (χ3n) is 4.11. The Kier molecular flexibility index (Phi) is 3.23. The predicted octanol–water partition coefficient (Wildman–Crippen LogP) is 3.91. The van der Waals surface area contributed by atoms with Gasteiger partial charge < -0.3 is 9.55 Å². The summed E-state index contributed by atoms with van der Waals surface area (Å²) in [5.41, 5.74) is 4.38. The second-order valence-corrected chi connectivity index (χ2v) is 5.64. The van der Waals surface area contributed by atoms with Crippen LogP contribution in [0.3, 0.4) is 0 Å². The number of fused-ring (bicyclic) bond motifs is 2. The van der Waals surface area contributed by atoms with Crippen LogP contribution in [0.1, 0.15) is 13.3 Å². The van der Waals surface area contributed by atoms with Crippen molar-refractivity contribution in [2.75, 3.05) is 0 Å². The number of imidazole rings is 1. The van der Waals surface area contributed by atoms with Gasteiger partial charge in [0.25, 0.3) is 5.56 Å². The first kappa shape index (κ1) is 13.8. The standard InChI is InChI=1S/C19H17N3O/c1-2-12-22-16-11-5-3-4-8-13(16)17(19(22)23)18-20-14-9-6-7-10-15(14)21-18/h3-11H,2,12H2,1H3,(H,20,21). The number of nitrogens with zero attached hydrogens (tertiary/aromatic N) is 2. The summed E-state index contributed by atoms with van der Waals surface area (Å²) in [6.07, 6.45) is 0.914. The van der Waals surface area contributed by atoms with Gasteiger partial charge in [0.15, 0.2) is 0 Å². The fourth-order valence-electron chi connectivity index (χ4n) is 3.09. The summed E-state index contributed by atoms with van der Waals surface area (Å²) in [5, 5.41) is 0. The Balaban J connectivity index is 2.04. The third-order valence-corrected chi connectivity index (χ3v) is 4.11. The van der Waals surface area contributed by atoms with Crippen molar-refractivity contribution in [1.82, 2.24) is 14.5 Å². The highest BCUT2D eigenvalue weighted by Crippen LogP contribution is 2.31. The van der Waals surface area contributed by atoms with Gasteiger partial charge in [-0.1, -0.05) is 43.3 Å². The molecule has 4 nitrogen and oxygen atoms in total. The van der Waals surface area contributed by atoms with Crippen LogP contribution in [0.4, 0.5) is 0 Å². The molecule has 1 aliphatic carbocycles. The van der Waals surface area contributed by atoms with E-state index in [9.17, 15) is 4.79 Å². The average molecular weight is 303 g/mol. The number of rotatable bonds is 3. The molecular formula is C19H17N3O. The summed E-state index contributed by atoms with van der Waals surface area (Å²) in [4.78, 5) is 20.9. The summed E-state index contributed by atoms with van der Waals surface area (Å²) >= 11 is 0. The maximum absolute atomic E-state index is 13.0. The smallest absolute Gasteiger partial charge is 0.262 e. The Labute approximate surface area is 133 Å². The fourth-order valence-corrected chi connectivity index (χ4v) is 3.09. The van der Waals surface area contributed by atoms with Gasteiger partial charge in [-0.2, -0.15) is 0 Å². The number of H-pyrrole nitrogens is 1. The molecule has 4 rings (SSSR count). The summed E-state index contributed by atoms with van der Waals surface area (Å²) < 4.78 is 1.85. The maximum atomic E-state index is 13.0. The van der Waals surface area contributed by atoms with Gasteiger partial charge >= 0.3 is 0 Å². The zero-order chi connectivity index (χ0) is 15.8. The number of nitrogens with one attached hydrogen (secondary N) is 1. The summed E-state index contributed by atoms with van der Waals surface area (Å²) in [6, 6.07) is 17.7. The lowest BCUT2D eigenvalue weighted by atomic mass is 10.1. The van der Waals surface area contributed by atoms with Crippen molar-refractivity contribution in [3.05, 3.63) is 65.0 Å². The van der Waals surface area contributed by atoms with Crippen LogP contribution in [-0.4, -0.2) is 14.5 Å². The van der Waals surface area contributed by atoms with E-state index in [0.29, 0.717) is 17.9 Å². The molecule has 1 N–H and O–H groups in total. The van der Waals surface area contributed by atoms with E-state index in [0.717, 1.165) is 28.7 Å². The summed E-state index contributed by atoms with van der Waals surface area (Å²) in [6.45, 7) is 2.79. The van der Waals surface area contributed by atoms with Gasteiger partial charge in [0.1, 0.15) is 5.82 Å². The highest BCUT2D eigenvalue weighted by atomic mass is 16.1. The van der Waals surface area contributed by atoms with Crippen molar-refractivity contribution in [2.45, 2.75) is 19.9 Å². The Morgan fingerprint density at radius 1 is 1.04 bits per heavy atom. The Morgan fingerprint density at radius 3 is 2.65 bits per heavy atom. The molecule has 2 aromatic rings. The minimum absolute atomic E-state index is 0.0205. The van der Waals surface area contributed by atoms with Crippen LogP contribution >= 0.6 is 0 Å². The van der Waals surface area contributed by atoms with Crippen LogP contribution in [0, 0.1) is 0 Å². The Hall–Kier alpha value is -2.88. The normalized spacial score (nSPS) is 11.3. The van der Waals surface area contributed by atoms with Gasteiger partial charge in [-0.15, -0.1) is 0 Å². The van der Waals surface area contributed by atoms with Gasteiger partial charge in [0.2, 0.25) is 0 Å². The van der Waals surface area contributed by atoms with Gasteiger partial charge in [0.05, 0.1) is 22.3 Å². The molecule has 0 saturated carbocycles. The fraction of sp³-hybridized carbons (Fsp3) is 0.158. The molecule has 0 radical (unpaired) electrons. The molecule has 1 aromatic heterocycles. The molecular weight excluding hydrogens is 286 g/mol. The number of aromatic nitrogens is 3. The summed E-state index contributed by atoms with van der Waals surface area (Å²) in [7, 11) is 0. The van der Waals surface area contributed by atoms with Crippen LogP contribution in [0.15, 0.2) is 59.4 Å². The number of para-hydroxylation sites is 2. The zero-order valence-electron chi connectivity index (χ0n) is 12.9. The number of hydrogen-bond acceptors (Lipinski definition) is 2. The van der Waals surface area contributed by atoms with Crippen LogP contribution in [0.5, 0.6) is 0 Å². The largest absolute Gasteiger partial charge is 0.338 e. The SMILES string of the molecule is CCCn1c2cccccc-2c(-c2nc3ccccc3[nH]2)c1=O. The van der Waals surface area contributed by atoms with E-state index < -0.39 is 0 Å². The van der Waals surface area contributed by atoms with E-state index in [1.54, 1.807) is 0 Å². The third kappa shape index (κ3) is 2.14. The van der Waals surface area contributed by atoms with E-state index in [1.165, 1.54) is 0 Å². The molecule has 1 aromatic carbocycles. The van der Waals surface area contributed by atoms with Crippen molar-refractivity contribution in [2.24, 2.45) is 0 Å². The number of benzene rings is 1. The van der Waals surface area contributed by atoms with Crippen LogP contribution in [-0.2, 0) is 6.54 Å². The van der Waals surface area contributed by atoms with Gasteiger partial charge in [0, 0.05) is 12.1 Å². The molecule has 0 atom stereocenters. The van der Waals surface area contributed by atoms with E-state index in [4.69, 9.17) is 0 Å². The highest BCUT2D eigenvalue weighted by Gasteiger charge is 2.22. The molecule has 0 saturated heterocycles. The molecule has 0 bridgehead atoms. The lowest BCUT2D eigenvalue weighted by molar-refractivity contribution is 0.672. The quantitative estimate of drug-likeness (QED) is 0.624. The Bertz CT molecular complexity index is 980.